The molecule has 2 aromatic heterocycles. The number of aromatic amines is 1. The van der Waals surface area contributed by atoms with Crippen LogP contribution in [-0.2, 0) is 16.0 Å². The van der Waals surface area contributed by atoms with Gasteiger partial charge in [-0.15, -0.1) is 0 Å². The van der Waals surface area contributed by atoms with Gasteiger partial charge in [0.2, 0.25) is 5.91 Å². The molecule has 24 heavy (non-hydrogen) atoms. The molecule has 0 radical (unpaired) electrons. The Morgan fingerprint density at radius 3 is 2.62 bits per heavy atom. The molecular weight excluding hydrogens is 306 g/mol. The van der Waals surface area contributed by atoms with E-state index in [1.807, 2.05) is 38.7 Å². The summed E-state index contributed by atoms with van der Waals surface area (Å²) in [6.07, 6.45) is 0.0852. The lowest BCUT2D eigenvalue weighted by molar-refractivity contribution is -0.138. The first-order valence-corrected chi connectivity index (χ1v) is 8.16. The second-order valence-corrected chi connectivity index (χ2v) is 6.30. The fourth-order valence-electron chi connectivity index (χ4n) is 3.03. The second-order valence-electron chi connectivity index (χ2n) is 6.30. The van der Waals surface area contributed by atoms with Crippen molar-refractivity contribution >= 4 is 5.91 Å². The number of H-pyrrole nitrogens is 1. The first-order valence-electron chi connectivity index (χ1n) is 8.16. The van der Waals surface area contributed by atoms with Gasteiger partial charge in [0.05, 0.1) is 25.3 Å². The number of aryl methyl sites for hydroxylation is 4. The van der Waals surface area contributed by atoms with Crippen molar-refractivity contribution in [3.8, 4) is 0 Å². The predicted molar refractivity (Wildman–Crippen MR) is 88.5 cm³/mol. The van der Waals surface area contributed by atoms with Gasteiger partial charge in [-0.25, -0.2) is 9.97 Å². The Labute approximate surface area is 141 Å². The van der Waals surface area contributed by atoms with Crippen LogP contribution in [-0.4, -0.2) is 50.7 Å². The van der Waals surface area contributed by atoms with Gasteiger partial charge in [0.1, 0.15) is 6.10 Å². The average molecular weight is 329 g/mol. The normalized spacial score (nSPS) is 18.0. The third kappa shape index (κ3) is 3.46. The van der Waals surface area contributed by atoms with Crippen LogP contribution in [0, 0.1) is 27.7 Å². The summed E-state index contributed by atoms with van der Waals surface area (Å²) in [5, 5.41) is 7.08. The maximum Gasteiger partial charge on any atom is 0.227 e. The Hall–Kier alpha value is -2.28. The first kappa shape index (κ1) is 16.6. The molecule has 3 rings (SSSR count). The van der Waals surface area contributed by atoms with E-state index in [9.17, 15) is 4.79 Å². The number of carbonyl (C=O) groups excluding carboxylic acids is 1. The molecule has 1 aliphatic rings. The fraction of sp³-hybridized carbons (Fsp3) is 0.529. The Kier molecular flexibility index (Phi) is 4.62. The lowest BCUT2D eigenvalue weighted by atomic mass is 10.1. The Bertz CT molecular complexity index is 716. The molecule has 1 unspecified atom stereocenters. The molecule has 1 fully saturated rings. The van der Waals surface area contributed by atoms with Gasteiger partial charge >= 0.3 is 0 Å². The highest BCUT2D eigenvalue weighted by molar-refractivity contribution is 5.79. The van der Waals surface area contributed by atoms with Crippen molar-refractivity contribution in [1.82, 2.24) is 25.1 Å². The minimum Gasteiger partial charge on any atom is -0.367 e. The monoisotopic (exact) mass is 329 g/mol. The maximum absolute atomic E-state index is 12.7. The number of nitrogens with zero attached hydrogens (tertiary/aromatic N) is 4. The van der Waals surface area contributed by atoms with Crippen LogP contribution in [0.3, 0.4) is 0 Å². The molecule has 7 nitrogen and oxygen atoms in total. The van der Waals surface area contributed by atoms with Crippen LogP contribution in [0.1, 0.15) is 40.3 Å². The van der Waals surface area contributed by atoms with Gasteiger partial charge in [-0.1, -0.05) is 0 Å². The second kappa shape index (κ2) is 6.68. The number of rotatable bonds is 3. The van der Waals surface area contributed by atoms with Crippen molar-refractivity contribution in [3.63, 3.8) is 0 Å². The Morgan fingerprint density at radius 1 is 1.29 bits per heavy atom. The SMILES string of the molecule is Cc1cc(C)nc(C2CN(C(=O)Cc3c(C)n[nH]c3C)CCO2)n1. The minimum absolute atomic E-state index is 0.0836. The number of carbonyl (C=O) groups is 1. The van der Waals surface area contributed by atoms with Crippen molar-refractivity contribution in [3.05, 3.63) is 40.2 Å². The zero-order chi connectivity index (χ0) is 17.3. The molecular formula is C17H23N5O2. The van der Waals surface area contributed by atoms with Crippen molar-refractivity contribution in [1.29, 1.82) is 0 Å². The molecule has 128 valence electrons. The van der Waals surface area contributed by atoms with Crippen LogP contribution < -0.4 is 0 Å². The number of aromatic nitrogens is 4. The van der Waals surface area contributed by atoms with Gasteiger partial charge in [-0.2, -0.15) is 5.10 Å². The maximum atomic E-state index is 12.7. The molecule has 0 saturated carbocycles. The number of morpholine rings is 1. The van der Waals surface area contributed by atoms with E-state index in [2.05, 4.69) is 20.2 Å². The van der Waals surface area contributed by atoms with Crippen molar-refractivity contribution < 1.29 is 9.53 Å². The van der Waals surface area contributed by atoms with Crippen LogP contribution in [0.5, 0.6) is 0 Å². The highest BCUT2D eigenvalue weighted by atomic mass is 16.5. The molecule has 1 atom stereocenters. The zero-order valence-corrected chi connectivity index (χ0v) is 14.6. The van der Waals surface area contributed by atoms with Crippen LogP contribution in [0.25, 0.3) is 0 Å². The summed E-state index contributed by atoms with van der Waals surface area (Å²) in [6, 6.07) is 1.93. The number of hydrogen-bond acceptors (Lipinski definition) is 5. The van der Waals surface area contributed by atoms with Crippen molar-refractivity contribution in [2.24, 2.45) is 0 Å². The average Bonchev–Trinajstić information content (AvgIpc) is 2.86. The van der Waals surface area contributed by atoms with Crippen LogP contribution in [0.4, 0.5) is 0 Å². The molecule has 0 spiro atoms. The smallest absolute Gasteiger partial charge is 0.227 e. The molecule has 7 heteroatoms. The molecule has 3 heterocycles. The quantitative estimate of drug-likeness (QED) is 0.924. The number of nitrogens with one attached hydrogen (secondary N) is 1. The summed E-state index contributed by atoms with van der Waals surface area (Å²) in [5.74, 6) is 0.737. The van der Waals surface area contributed by atoms with Crippen molar-refractivity contribution in [2.75, 3.05) is 19.7 Å². The van der Waals surface area contributed by atoms with E-state index >= 15 is 0 Å². The van der Waals surface area contributed by atoms with E-state index in [1.165, 1.54) is 0 Å². The van der Waals surface area contributed by atoms with Gasteiger partial charge in [0, 0.05) is 29.2 Å². The van der Waals surface area contributed by atoms with E-state index in [1.54, 1.807) is 0 Å². The minimum atomic E-state index is -0.271. The lowest BCUT2D eigenvalue weighted by Crippen LogP contribution is -2.43. The predicted octanol–water partition coefficient (Wildman–Crippen LogP) is 1.58. The summed E-state index contributed by atoms with van der Waals surface area (Å²) >= 11 is 0. The molecule has 2 aromatic rings. The number of hydrogen-bond donors (Lipinski definition) is 1. The van der Waals surface area contributed by atoms with Gasteiger partial charge < -0.3 is 9.64 Å². The van der Waals surface area contributed by atoms with Gasteiger partial charge in [0.25, 0.3) is 0 Å². The van der Waals surface area contributed by atoms with Crippen LogP contribution in [0.15, 0.2) is 6.07 Å². The topological polar surface area (TPSA) is 84.0 Å². The van der Waals surface area contributed by atoms with Gasteiger partial charge in [-0.3, -0.25) is 9.89 Å². The van der Waals surface area contributed by atoms with E-state index in [4.69, 9.17) is 4.74 Å². The highest BCUT2D eigenvalue weighted by Crippen LogP contribution is 2.21. The number of ether oxygens (including phenoxy) is 1. The molecule has 1 N–H and O–H groups in total. The molecule has 0 aromatic carbocycles. The van der Waals surface area contributed by atoms with Crippen molar-refractivity contribution in [2.45, 2.75) is 40.2 Å². The number of amides is 1. The summed E-state index contributed by atoms with van der Waals surface area (Å²) in [6.45, 7) is 9.30. The zero-order valence-electron chi connectivity index (χ0n) is 14.6. The standard InChI is InChI=1S/C17H23N5O2/c1-10-7-11(2)19-17(18-10)15-9-22(5-6-24-15)16(23)8-14-12(3)20-21-13(14)4/h7,15H,5-6,8-9H2,1-4H3,(H,20,21). The molecule has 1 aliphatic heterocycles. The molecule has 1 saturated heterocycles. The fourth-order valence-corrected chi connectivity index (χ4v) is 3.03. The highest BCUT2D eigenvalue weighted by Gasteiger charge is 2.28. The van der Waals surface area contributed by atoms with E-state index in [0.717, 1.165) is 28.3 Å². The molecule has 0 aliphatic carbocycles. The van der Waals surface area contributed by atoms with E-state index < -0.39 is 0 Å². The van der Waals surface area contributed by atoms with E-state index in [-0.39, 0.29) is 12.0 Å². The molecule has 0 bridgehead atoms. The first-order chi connectivity index (χ1) is 11.4. The summed E-state index contributed by atoms with van der Waals surface area (Å²) in [5.41, 5.74) is 4.63. The third-order valence-electron chi connectivity index (χ3n) is 4.32. The molecule has 1 amide bonds. The Balaban J connectivity index is 1.72. The third-order valence-corrected chi connectivity index (χ3v) is 4.32. The Morgan fingerprint density at radius 2 is 2.00 bits per heavy atom. The largest absolute Gasteiger partial charge is 0.367 e. The summed E-state index contributed by atoms with van der Waals surface area (Å²) < 4.78 is 5.80. The summed E-state index contributed by atoms with van der Waals surface area (Å²) in [4.78, 5) is 23.4. The summed E-state index contributed by atoms with van der Waals surface area (Å²) in [7, 11) is 0. The van der Waals surface area contributed by atoms with Crippen LogP contribution >= 0.6 is 0 Å². The lowest BCUT2D eigenvalue weighted by Gasteiger charge is -2.32. The van der Waals surface area contributed by atoms with E-state index in [0.29, 0.717) is 31.9 Å². The van der Waals surface area contributed by atoms with Gasteiger partial charge in [0.15, 0.2) is 5.82 Å². The van der Waals surface area contributed by atoms with Crippen LogP contribution in [0.2, 0.25) is 0 Å². The van der Waals surface area contributed by atoms with Gasteiger partial charge in [-0.05, 0) is 33.8 Å².